The number of nitrogens with zero attached hydrogens (tertiary/aromatic N) is 4. The van der Waals surface area contributed by atoms with Crippen molar-refractivity contribution in [1.82, 2.24) is 19.6 Å². The monoisotopic (exact) mass is 431 g/mol. The first-order valence-corrected chi connectivity index (χ1v) is 9.08. The largest absolute Gasteiger partial charge is 0.433 e. The lowest BCUT2D eigenvalue weighted by atomic mass is 10.1. The molecule has 10 heteroatoms. The van der Waals surface area contributed by atoms with Crippen molar-refractivity contribution in [3.63, 3.8) is 0 Å². The summed E-state index contributed by atoms with van der Waals surface area (Å²) in [6, 6.07) is 14.2. The van der Waals surface area contributed by atoms with Crippen LogP contribution in [0.3, 0.4) is 0 Å². The Morgan fingerprint density at radius 2 is 1.77 bits per heavy atom. The zero-order chi connectivity index (χ0) is 21.5. The van der Waals surface area contributed by atoms with Crippen LogP contribution >= 0.6 is 11.6 Å². The Labute approximate surface area is 173 Å². The zero-order valence-corrected chi connectivity index (χ0v) is 16.2. The number of aryl methyl sites for hydroxylation is 1. The van der Waals surface area contributed by atoms with E-state index in [-0.39, 0.29) is 22.2 Å². The quantitative estimate of drug-likeness (QED) is 0.494. The maximum absolute atomic E-state index is 13.7. The lowest BCUT2D eigenvalue weighted by molar-refractivity contribution is -0.142. The number of hydrogen-bond donors (Lipinski definition) is 1. The van der Waals surface area contributed by atoms with Crippen LogP contribution < -0.4 is 5.32 Å². The molecular weight excluding hydrogens is 419 g/mol. The van der Waals surface area contributed by atoms with Crippen LogP contribution in [0, 0.1) is 6.92 Å². The molecule has 0 bridgehead atoms. The van der Waals surface area contributed by atoms with E-state index < -0.39 is 23.6 Å². The van der Waals surface area contributed by atoms with Crippen molar-refractivity contribution in [2.24, 2.45) is 0 Å². The highest BCUT2D eigenvalue weighted by atomic mass is 35.5. The van der Waals surface area contributed by atoms with Crippen LogP contribution in [0.25, 0.3) is 17.0 Å². The first-order valence-electron chi connectivity index (χ1n) is 8.70. The summed E-state index contributed by atoms with van der Waals surface area (Å²) in [4.78, 5) is 20.5. The highest BCUT2D eigenvalue weighted by Crippen LogP contribution is 2.32. The fourth-order valence-electron chi connectivity index (χ4n) is 2.78. The Morgan fingerprint density at radius 1 is 1.07 bits per heavy atom. The fourth-order valence-corrected chi connectivity index (χ4v) is 2.96. The lowest BCUT2D eigenvalue weighted by Crippen LogP contribution is -2.16. The normalized spacial score (nSPS) is 11.6. The van der Waals surface area contributed by atoms with E-state index in [1.807, 2.05) is 6.92 Å². The topological polar surface area (TPSA) is 72.2 Å². The van der Waals surface area contributed by atoms with Gasteiger partial charge in [-0.1, -0.05) is 53.6 Å². The third-order valence-corrected chi connectivity index (χ3v) is 4.60. The van der Waals surface area contributed by atoms with E-state index in [2.05, 4.69) is 20.4 Å². The Morgan fingerprint density at radius 3 is 2.43 bits per heavy atom. The molecule has 0 aliphatic carbocycles. The van der Waals surface area contributed by atoms with Crippen LogP contribution in [0.15, 0.2) is 54.6 Å². The van der Waals surface area contributed by atoms with Gasteiger partial charge in [-0.05, 0) is 25.1 Å². The minimum Gasteiger partial charge on any atom is -0.318 e. The first-order chi connectivity index (χ1) is 14.2. The number of alkyl halides is 3. The number of carbonyl (C=O) groups excluding carboxylic acids is 1. The van der Waals surface area contributed by atoms with Gasteiger partial charge in [0, 0.05) is 5.56 Å². The van der Waals surface area contributed by atoms with Gasteiger partial charge in [-0.2, -0.15) is 22.7 Å². The lowest BCUT2D eigenvalue weighted by Gasteiger charge is -2.10. The Kier molecular flexibility index (Phi) is 4.90. The van der Waals surface area contributed by atoms with Gasteiger partial charge in [-0.25, -0.2) is 4.98 Å². The molecule has 0 radical (unpaired) electrons. The Balaban J connectivity index is 1.80. The molecule has 152 valence electrons. The number of carbonyl (C=O) groups is 1. The van der Waals surface area contributed by atoms with Gasteiger partial charge in [0.1, 0.15) is 0 Å². The van der Waals surface area contributed by atoms with Gasteiger partial charge in [-0.3, -0.25) is 4.79 Å². The Bertz CT molecular complexity index is 1250. The van der Waals surface area contributed by atoms with Gasteiger partial charge in [0.15, 0.2) is 5.69 Å². The van der Waals surface area contributed by atoms with E-state index >= 15 is 0 Å². The standard InChI is InChI=1S/C20H13ClF3N5O/c1-11-6-8-12(9-7-11)15-10-16(20(22,23)24)29-19(26-15)27-17(28-29)18(30)25-14-5-3-2-4-13(14)21/h2-10H,1H3,(H,25,30). The second-order valence-electron chi connectivity index (χ2n) is 6.47. The van der Waals surface area contributed by atoms with Gasteiger partial charge in [-0.15, -0.1) is 5.10 Å². The summed E-state index contributed by atoms with van der Waals surface area (Å²) in [5.41, 5.74) is 0.704. The van der Waals surface area contributed by atoms with Crippen LogP contribution in [-0.2, 0) is 6.18 Å². The molecule has 0 spiro atoms. The van der Waals surface area contributed by atoms with Crippen LogP contribution in [0.1, 0.15) is 21.9 Å². The molecule has 0 unspecified atom stereocenters. The molecule has 0 aliphatic heterocycles. The van der Waals surface area contributed by atoms with Crippen LogP contribution in [0.4, 0.5) is 18.9 Å². The van der Waals surface area contributed by atoms with Crippen molar-refractivity contribution in [3.8, 4) is 11.3 Å². The minimum atomic E-state index is -4.73. The molecule has 2 aromatic carbocycles. The second-order valence-corrected chi connectivity index (χ2v) is 6.88. The van der Waals surface area contributed by atoms with Crippen molar-refractivity contribution < 1.29 is 18.0 Å². The molecule has 0 fully saturated rings. The van der Waals surface area contributed by atoms with E-state index in [1.165, 1.54) is 0 Å². The molecule has 2 aromatic heterocycles. The summed E-state index contributed by atoms with van der Waals surface area (Å²) in [7, 11) is 0. The smallest absolute Gasteiger partial charge is 0.318 e. The number of halogens is 4. The highest BCUT2D eigenvalue weighted by molar-refractivity contribution is 6.33. The number of aromatic nitrogens is 4. The number of rotatable bonds is 3. The minimum absolute atomic E-state index is 0.0697. The van der Waals surface area contributed by atoms with Crippen molar-refractivity contribution in [1.29, 1.82) is 0 Å². The average Bonchev–Trinajstić information content (AvgIpc) is 3.13. The van der Waals surface area contributed by atoms with E-state index in [4.69, 9.17) is 11.6 Å². The molecule has 1 N–H and O–H groups in total. The van der Waals surface area contributed by atoms with Crippen LogP contribution in [-0.4, -0.2) is 25.5 Å². The number of nitrogens with one attached hydrogen (secondary N) is 1. The van der Waals surface area contributed by atoms with Gasteiger partial charge >= 0.3 is 6.18 Å². The molecule has 2 heterocycles. The molecule has 1 amide bonds. The highest BCUT2D eigenvalue weighted by Gasteiger charge is 2.36. The van der Waals surface area contributed by atoms with Crippen molar-refractivity contribution in [2.45, 2.75) is 13.1 Å². The summed E-state index contributed by atoms with van der Waals surface area (Å²) >= 11 is 6.00. The summed E-state index contributed by atoms with van der Waals surface area (Å²) < 4.78 is 41.5. The number of para-hydroxylation sites is 1. The summed E-state index contributed by atoms with van der Waals surface area (Å²) in [5, 5.41) is 6.47. The third-order valence-electron chi connectivity index (χ3n) is 4.28. The molecule has 4 aromatic rings. The fraction of sp³-hybridized carbons (Fsp3) is 0.100. The Hall–Kier alpha value is -3.46. The molecule has 0 aliphatic rings. The van der Waals surface area contributed by atoms with Gasteiger partial charge < -0.3 is 5.32 Å². The number of fused-ring (bicyclic) bond motifs is 1. The molecule has 0 atom stereocenters. The van der Waals surface area contributed by atoms with Crippen molar-refractivity contribution in [3.05, 3.63) is 76.7 Å². The second kappa shape index (κ2) is 7.42. The summed E-state index contributed by atoms with van der Waals surface area (Å²) in [6.07, 6.45) is -4.73. The van der Waals surface area contributed by atoms with Gasteiger partial charge in [0.05, 0.1) is 16.4 Å². The van der Waals surface area contributed by atoms with Crippen molar-refractivity contribution >= 4 is 29.0 Å². The maximum atomic E-state index is 13.7. The number of hydrogen-bond acceptors (Lipinski definition) is 4. The first kappa shape index (κ1) is 19.8. The van der Waals surface area contributed by atoms with E-state index in [0.717, 1.165) is 11.6 Å². The molecule has 30 heavy (non-hydrogen) atoms. The SMILES string of the molecule is Cc1ccc(-c2cc(C(F)(F)F)n3nc(C(=O)Nc4ccccc4Cl)nc3n2)cc1. The predicted octanol–water partition coefficient (Wildman–Crippen LogP) is 5.02. The molecule has 0 saturated heterocycles. The molecule has 6 nitrogen and oxygen atoms in total. The van der Waals surface area contributed by atoms with E-state index in [9.17, 15) is 18.0 Å². The van der Waals surface area contributed by atoms with Gasteiger partial charge in [0.2, 0.25) is 5.82 Å². The van der Waals surface area contributed by atoms with Crippen molar-refractivity contribution in [2.75, 3.05) is 5.32 Å². The maximum Gasteiger partial charge on any atom is 0.433 e. The molecule has 0 saturated carbocycles. The summed E-state index contributed by atoms with van der Waals surface area (Å²) in [6.45, 7) is 1.87. The molecular formula is C20H13ClF3N5O. The number of amides is 1. The number of anilines is 1. The predicted molar refractivity (Wildman–Crippen MR) is 105 cm³/mol. The summed E-state index contributed by atoms with van der Waals surface area (Å²) in [5.74, 6) is -1.61. The van der Waals surface area contributed by atoms with Crippen LogP contribution in [0.5, 0.6) is 0 Å². The third kappa shape index (κ3) is 3.84. The van der Waals surface area contributed by atoms with Gasteiger partial charge in [0.25, 0.3) is 11.7 Å². The zero-order valence-electron chi connectivity index (χ0n) is 15.4. The van der Waals surface area contributed by atoms with Crippen LogP contribution in [0.2, 0.25) is 5.02 Å². The van der Waals surface area contributed by atoms with E-state index in [1.54, 1.807) is 48.5 Å². The number of benzene rings is 2. The van der Waals surface area contributed by atoms with E-state index in [0.29, 0.717) is 10.1 Å². The molecule has 4 rings (SSSR count). The average molecular weight is 432 g/mol.